The highest BCUT2D eigenvalue weighted by molar-refractivity contribution is 8.15. The number of carbonyl (C=O) groups is 2. The van der Waals surface area contributed by atoms with Crippen LogP contribution in [0.2, 0.25) is 1.41 Å². The van der Waals surface area contributed by atoms with Crippen molar-refractivity contribution in [1.82, 2.24) is 10.3 Å². The molecule has 0 saturated carbocycles. The number of imide groups is 1. The van der Waals surface area contributed by atoms with E-state index < -0.39 is 16.4 Å². The molecular formula is C22H170N2O3S. The van der Waals surface area contributed by atoms with Crippen molar-refractivity contribution < 1.29 is 118 Å². The summed E-state index contributed by atoms with van der Waals surface area (Å²) in [5.41, 5.74) is 4.19. The molecule has 0 aliphatic carbocycles. The largest absolute Gasteiger partial charge is 0.493 e. The van der Waals surface area contributed by atoms with Gasteiger partial charge in [0.15, 0.2) is 1.41 Å². The molecule has 1 aromatic carbocycles. The van der Waals surface area contributed by atoms with Crippen LogP contribution in [0.4, 0.5) is 4.79 Å². The number of hydrogen-bond donors (Lipinski definition) is 1. The average Bonchev–Trinajstić information content (AvgIpc) is 2.91. The van der Waals surface area contributed by atoms with Crippen LogP contribution < -0.4 is 10.0 Å². The van der Waals surface area contributed by atoms with Gasteiger partial charge in [0.1, 0.15) is 5.75 Å². The minimum Gasteiger partial charge on any atom is -0.493 e. The second-order valence-electron chi connectivity index (χ2n) is 7.48. The molecule has 1 aliphatic rings. The zero-order valence-corrected chi connectivity index (χ0v) is 17.3. The van der Waals surface area contributed by atoms with E-state index in [0.29, 0.717) is 24.3 Å². The van der Waals surface area contributed by atoms with Gasteiger partial charge in [-0.3, -0.25) is 19.9 Å². The monoisotopic (exact) mass is 544 g/mol. The Balaban J connectivity index is -0.00000000196. The molecule has 6 heteroatoms. The number of ether oxygens (including phenoxy) is 1. The number of aromatic nitrogens is 1. The molecule has 1 aromatic heterocycles. The van der Waals surface area contributed by atoms with E-state index in [4.69, 9.17) is 6.15 Å². The van der Waals surface area contributed by atoms with Crippen molar-refractivity contribution in [2.24, 2.45) is 5.92 Å². The van der Waals surface area contributed by atoms with Gasteiger partial charge in [-0.1, -0.05) is 43.8 Å². The lowest BCUT2D eigenvalue weighted by molar-refractivity contribution is -0.118. The van der Waals surface area contributed by atoms with Crippen molar-refractivity contribution in [3.63, 3.8) is 0 Å². The summed E-state index contributed by atoms with van der Waals surface area (Å²) in [6.45, 7) is 6.89. The van der Waals surface area contributed by atoms with Crippen LogP contribution in [-0.4, -0.2) is 28.0 Å². The number of benzene rings is 1. The summed E-state index contributed by atoms with van der Waals surface area (Å²) in [7, 11) is 0. The maximum absolute atomic E-state index is 11.9. The second-order valence-corrected chi connectivity index (χ2v) is 8.63. The third-order valence-electron chi connectivity index (χ3n) is 4.53. The van der Waals surface area contributed by atoms with Crippen molar-refractivity contribution in [2.45, 2.75) is 45.3 Å². The number of thioether (sulfide) groups is 1. The molecule has 3 rings (SSSR count). The number of rotatable bonds is 8. The highest BCUT2D eigenvalue weighted by Gasteiger charge is 2.31. The van der Waals surface area contributed by atoms with Gasteiger partial charge in [0.05, 0.1) is 11.9 Å². The lowest BCUT2D eigenvalue weighted by Gasteiger charge is -2.12. The summed E-state index contributed by atoms with van der Waals surface area (Å²) in [6, 6.07) is 9.97. The number of carbonyl (C=O) groups excluding carboxylic acids is 2. The standard InChI is InChI=1S/C22H26N2O3S.72H2/c1-14(2)10-17-4-6-18(23-13-17)8-9-27-19-7-5-16(11-15(19)3)12-20-21(25)24-22(26)28-20;;;;;;;;;;;;;;;;;;;;;;;;;;;;;;;;;;;;;;;;;;;;;;;;;;;;;;;;;;;;;;;;;;;;;;;;/h4-7,11,13-14,20H,8-10,12H2,1-3H3,(H,24,25,26);72*1H/i/hD. The number of amides is 2. The van der Waals surface area contributed by atoms with Gasteiger partial charge in [0, 0.05) is 121 Å². The maximum Gasteiger partial charge on any atom is 0.286 e. The average molecular weight is 545 g/mol. The first-order valence-corrected chi connectivity index (χ1v) is 10.4. The third kappa shape index (κ3) is 5.58. The van der Waals surface area contributed by atoms with E-state index in [-0.39, 0.29) is 103 Å². The van der Waals surface area contributed by atoms with Gasteiger partial charge in [-0.15, -0.1) is 0 Å². The Labute approximate surface area is 278 Å². The Kier molecular flexibility index (Phi) is 6.27. The highest BCUT2D eigenvalue weighted by Crippen LogP contribution is 2.26. The van der Waals surface area contributed by atoms with Crippen molar-refractivity contribution in [1.29, 1.82) is 0 Å². The fourth-order valence-electron chi connectivity index (χ4n) is 3.16. The fourth-order valence-corrected chi connectivity index (χ4v) is 3.98. The first kappa shape index (κ1) is 19.0. The first-order chi connectivity index (χ1) is 13.8. The molecule has 5 nitrogen and oxygen atoms in total. The van der Waals surface area contributed by atoms with Gasteiger partial charge in [-0.05, 0) is 54.5 Å². The normalized spacial score (nSPS) is 17.4. The van der Waals surface area contributed by atoms with Gasteiger partial charge >= 0.3 is 0 Å². The van der Waals surface area contributed by atoms with Crippen LogP contribution in [0.3, 0.4) is 0 Å². The second kappa shape index (κ2) is 9.24. The molecule has 1 fully saturated rings. The van der Waals surface area contributed by atoms with Crippen LogP contribution in [0.25, 0.3) is 0 Å². The third-order valence-corrected chi connectivity index (χ3v) is 5.47. The van der Waals surface area contributed by atoms with Gasteiger partial charge in [0.25, 0.3) is 5.24 Å². The van der Waals surface area contributed by atoms with Crippen molar-refractivity contribution >= 4 is 22.9 Å². The van der Waals surface area contributed by atoms with Crippen molar-refractivity contribution in [3.05, 3.63) is 58.9 Å². The molecule has 2 aromatic rings. The Morgan fingerprint density at radius 2 is 2.07 bits per heavy atom. The molecule has 1 unspecified atom stereocenters. The van der Waals surface area contributed by atoms with Gasteiger partial charge in [0.2, 0.25) is 5.91 Å². The summed E-state index contributed by atoms with van der Waals surface area (Å²) >= 11 is 0.914. The number of hydrogen-bond acceptors (Lipinski definition) is 5. The van der Waals surface area contributed by atoms with E-state index in [1.54, 1.807) is 0 Å². The molecule has 0 spiro atoms. The molecule has 2 heterocycles. The highest BCUT2D eigenvalue weighted by atomic mass is 32.2. The van der Waals surface area contributed by atoms with Crippen molar-refractivity contribution in [3.8, 4) is 5.75 Å². The molecule has 292 valence electrons. The van der Waals surface area contributed by atoms with Gasteiger partial charge in [-0.25, -0.2) is 0 Å². The van der Waals surface area contributed by atoms with Gasteiger partial charge < -0.3 is 4.74 Å². The Bertz CT molecular complexity index is 966. The van der Waals surface area contributed by atoms with Crippen LogP contribution in [-0.2, 0) is 24.1 Å². The molecule has 0 bridgehead atoms. The molecule has 1 saturated heterocycles. The summed E-state index contributed by atoms with van der Waals surface area (Å²) in [5, 5.41) is -0.582. The van der Waals surface area contributed by atoms with Crippen LogP contribution in [0.1, 0.15) is 139 Å². The molecule has 0 radical (unpaired) electrons. The summed E-state index contributed by atoms with van der Waals surface area (Å²) in [6.07, 6.45) is 4.14. The predicted molar refractivity (Wildman–Crippen MR) is 264 cm³/mol. The van der Waals surface area contributed by atoms with E-state index in [1.807, 2.05) is 31.3 Å². The van der Waals surface area contributed by atoms with E-state index in [0.717, 1.165) is 47.2 Å². The lowest BCUT2D eigenvalue weighted by atomic mass is 10.0. The van der Waals surface area contributed by atoms with Gasteiger partial charge in [-0.2, -0.15) is 0 Å². The topological polar surface area (TPSA) is 68.3 Å². The molecule has 28 heavy (non-hydrogen) atoms. The first-order valence-electron chi connectivity index (χ1n) is 9.98. The quantitative estimate of drug-likeness (QED) is 0.358. The van der Waals surface area contributed by atoms with E-state index in [9.17, 15) is 9.59 Å². The SMILES string of the molecule is [2H]N1C(=O)SC(Cc2ccc(OCCc3ccc(CC(C)C)cn3)c(C)c2)C1=O.[HH].[HH].[HH].[HH].[HH].[HH].[HH].[HH].[HH].[HH].[HH].[HH].[HH].[HH].[HH].[HH].[HH].[HH].[HH].[HH].[HH].[HH].[HH].[HH].[HH].[HH].[HH].[HH].[HH].[HH].[HH].[HH].[HH].[HH].[HH].[HH].[HH].[HH].[HH].[HH].[HH].[HH].[HH].[HH].[HH].[HH].[HH].[HH].[HH].[HH].[HH].[HH].[HH].[HH].[HH].[HH].[HH].[HH].[HH].[HH].[HH].[HH].[HH].[HH].[HH].[HH].[HH].[HH].[HH].[HH].[HH].[HH]. The Hall–Kier alpha value is -2.34. The molecule has 2 amide bonds. The minimum atomic E-state index is -0.518. The predicted octanol–water partition coefficient (Wildman–Crippen LogP) is 21.8. The molecule has 1 aliphatic heterocycles. The number of nitrogens with one attached hydrogen (secondary N) is 1. The Morgan fingerprint density at radius 3 is 2.68 bits per heavy atom. The van der Waals surface area contributed by atoms with E-state index in [2.05, 4.69) is 31.0 Å². The zero-order valence-electron chi connectivity index (χ0n) is 17.5. The number of nitrogens with zero attached hydrogens (tertiary/aromatic N) is 1. The summed E-state index contributed by atoms with van der Waals surface area (Å²) in [4.78, 5) is 27.9. The van der Waals surface area contributed by atoms with Crippen molar-refractivity contribution in [2.75, 3.05) is 6.61 Å². The fraction of sp³-hybridized carbons (Fsp3) is 0.409. The molecule has 1 atom stereocenters. The van der Waals surface area contributed by atoms with Crippen LogP contribution >= 0.6 is 11.8 Å². The van der Waals surface area contributed by atoms with Crippen LogP contribution in [0.15, 0.2) is 36.5 Å². The maximum atomic E-state index is 11.9. The minimum absolute atomic E-state index is 0. The van der Waals surface area contributed by atoms with E-state index in [1.165, 1.54) is 5.56 Å². The number of aryl methyl sites for hydroxylation is 1. The number of pyridine rings is 1. The van der Waals surface area contributed by atoms with Crippen LogP contribution in [0, 0.1) is 12.8 Å². The lowest BCUT2D eigenvalue weighted by Crippen LogP contribution is -2.25. The molecular weight excluding hydrogens is 372 g/mol. The van der Waals surface area contributed by atoms with Crippen LogP contribution in [0.5, 0.6) is 5.75 Å². The summed E-state index contributed by atoms with van der Waals surface area (Å²) < 4.78 is 13.3. The zero-order chi connectivity index (χ0) is 21.0. The summed E-state index contributed by atoms with van der Waals surface area (Å²) in [5.74, 6) is 0.965. The smallest absolute Gasteiger partial charge is 0.286 e. The van der Waals surface area contributed by atoms with E-state index >= 15 is 0 Å². The Morgan fingerprint density at radius 1 is 1.29 bits per heavy atom. The molecule has 1 N–H and O–H groups in total.